The second-order valence-electron chi connectivity index (χ2n) is 3.37. The van der Waals surface area contributed by atoms with E-state index in [0.29, 0.717) is 12.6 Å². The van der Waals surface area contributed by atoms with Crippen LogP contribution >= 0.6 is 0 Å². The molecule has 0 spiro atoms. The van der Waals surface area contributed by atoms with E-state index < -0.39 is 0 Å². The summed E-state index contributed by atoms with van der Waals surface area (Å²) in [6.45, 7) is 7.36. The van der Waals surface area contributed by atoms with Crippen LogP contribution in [0.5, 0.6) is 0 Å². The molecule has 0 radical (unpaired) electrons. The van der Waals surface area contributed by atoms with Crippen LogP contribution in [0.25, 0.3) is 4.85 Å². The average Bonchev–Trinajstić information content (AvgIpc) is 2.57. The minimum absolute atomic E-state index is 0.478. The number of para-hydroxylation sites is 1. The fourth-order valence-electron chi connectivity index (χ4n) is 1.77. The first-order valence-electron chi connectivity index (χ1n) is 4.58. The molecule has 0 fully saturated rings. The van der Waals surface area contributed by atoms with Gasteiger partial charge in [-0.15, -0.1) is 0 Å². The summed E-state index contributed by atoms with van der Waals surface area (Å²) in [4.78, 5) is 3.37. The molecule has 1 aliphatic heterocycles. The molecular formula is C11H12N2. The van der Waals surface area contributed by atoms with Crippen molar-refractivity contribution < 1.29 is 0 Å². The number of nitrogens with zero attached hydrogens (tertiary/aromatic N) is 1. The Kier molecular flexibility index (Phi) is 2.18. The normalized spacial score (nSPS) is 18.8. The standard InChI is InChI=1S/C11H12N2/c1-12-7-6-10-8-9-4-2-3-5-11(9)13-10/h2-5,10,13H,6-8H2. The maximum atomic E-state index is 6.72. The third kappa shape index (κ3) is 1.65. The Morgan fingerprint density at radius 1 is 1.46 bits per heavy atom. The maximum absolute atomic E-state index is 6.72. The Bertz CT molecular complexity index is 313. The summed E-state index contributed by atoms with van der Waals surface area (Å²) < 4.78 is 0. The molecule has 0 aliphatic carbocycles. The molecule has 1 heterocycles. The van der Waals surface area contributed by atoms with Crippen LogP contribution < -0.4 is 5.32 Å². The molecule has 2 rings (SSSR count). The van der Waals surface area contributed by atoms with Gasteiger partial charge >= 0.3 is 0 Å². The van der Waals surface area contributed by atoms with Gasteiger partial charge < -0.3 is 10.2 Å². The van der Waals surface area contributed by atoms with Crippen molar-refractivity contribution in [3.05, 3.63) is 41.2 Å². The monoisotopic (exact) mass is 172 g/mol. The van der Waals surface area contributed by atoms with Crippen LogP contribution in [-0.4, -0.2) is 12.6 Å². The molecule has 1 aliphatic rings. The van der Waals surface area contributed by atoms with Gasteiger partial charge in [-0.2, -0.15) is 0 Å². The molecule has 0 aromatic heterocycles. The number of nitrogens with one attached hydrogen (secondary N) is 1. The fraction of sp³-hybridized carbons (Fsp3) is 0.364. The van der Waals surface area contributed by atoms with Gasteiger partial charge in [-0.05, 0) is 18.1 Å². The minimum atomic E-state index is 0.478. The zero-order valence-corrected chi connectivity index (χ0v) is 7.46. The van der Waals surface area contributed by atoms with Crippen LogP contribution in [0.1, 0.15) is 12.0 Å². The third-order valence-electron chi connectivity index (χ3n) is 2.43. The van der Waals surface area contributed by atoms with E-state index in [1.165, 1.54) is 11.3 Å². The lowest BCUT2D eigenvalue weighted by Crippen LogP contribution is -2.15. The molecule has 2 nitrogen and oxygen atoms in total. The predicted molar refractivity (Wildman–Crippen MR) is 53.6 cm³/mol. The minimum Gasteiger partial charge on any atom is -0.381 e. The summed E-state index contributed by atoms with van der Waals surface area (Å²) in [5, 5.41) is 3.43. The van der Waals surface area contributed by atoms with Crippen molar-refractivity contribution in [2.75, 3.05) is 11.9 Å². The highest BCUT2D eigenvalue weighted by Crippen LogP contribution is 2.26. The van der Waals surface area contributed by atoms with Gasteiger partial charge in [-0.3, -0.25) is 0 Å². The highest BCUT2D eigenvalue weighted by atomic mass is 14.9. The maximum Gasteiger partial charge on any atom is 0.216 e. The van der Waals surface area contributed by atoms with E-state index >= 15 is 0 Å². The van der Waals surface area contributed by atoms with Gasteiger partial charge in [0.05, 0.1) is 0 Å². The van der Waals surface area contributed by atoms with E-state index in [2.05, 4.69) is 28.4 Å². The van der Waals surface area contributed by atoms with Crippen molar-refractivity contribution in [3.8, 4) is 0 Å². The van der Waals surface area contributed by atoms with E-state index in [0.717, 1.165) is 12.8 Å². The van der Waals surface area contributed by atoms with Gasteiger partial charge in [0.2, 0.25) is 6.54 Å². The lowest BCUT2D eigenvalue weighted by Gasteiger charge is -2.05. The summed E-state index contributed by atoms with van der Waals surface area (Å²) in [7, 11) is 0. The highest BCUT2D eigenvalue weighted by Gasteiger charge is 2.19. The molecular weight excluding hydrogens is 160 g/mol. The van der Waals surface area contributed by atoms with Gasteiger partial charge in [0.15, 0.2) is 0 Å². The topological polar surface area (TPSA) is 16.4 Å². The van der Waals surface area contributed by atoms with Crippen LogP contribution in [0.4, 0.5) is 5.69 Å². The van der Waals surface area contributed by atoms with Crippen molar-refractivity contribution in [3.63, 3.8) is 0 Å². The van der Waals surface area contributed by atoms with Crippen molar-refractivity contribution in [2.45, 2.75) is 18.9 Å². The summed E-state index contributed by atoms with van der Waals surface area (Å²) >= 11 is 0. The Balaban J connectivity index is 2.02. The first-order chi connectivity index (χ1) is 6.40. The predicted octanol–water partition coefficient (Wildman–Crippen LogP) is 2.33. The second-order valence-corrected chi connectivity index (χ2v) is 3.37. The number of rotatable bonds is 2. The molecule has 1 aromatic carbocycles. The molecule has 13 heavy (non-hydrogen) atoms. The largest absolute Gasteiger partial charge is 0.381 e. The summed E-state index contributed by atoms with van der Waals surface area (Å²) in [5.41, 5.74) is 2.63. The van der Waals surface area contributed by atoms with Crippen molar-refractivity contribution in [1.29, 1.82) is 0 Å². The fourth-order valence-corrected chi connectivity index (χ4v) is 1.77. The molecule has 1 unspecified atom stereocenters. The quantitative estimate of drug-likeness (QED) is 0.677. The Labute approximate surface area is 78.4 Å². The molecule has 1 aromatic rings. The van der Waals surface area contributed by atoms with E-state index in [-0.39, 0.29) is 0 Å². The molecule has 2 heteroatoms. The van der Waals surface area contributed by atoms with E-state index in [4.69, 9.17) is 6.57 Å². The molecule has 0 amide bonds. The van der Waals surface area contributed by atoms with Gasteiger partial charge in [0.1, 0.15) is 0 Å². The molecule has 1 N–H and O–H groups in total. The zero-order valence-electron chi connectivity index (χ0n) is 7.46. The molecule has 0 bridgehead atoms. The number of anilines is 1. The van der Waals surface area contributed by atoms with E-state index in [1.54, 1.807) is 0 Å². The summed E-state index contributed by atoms with van der Waals surface area (Å²) in [6.07, 6.45) is 2.03. The number of hydrogen-bond donors (Lipinski definition) is 1. The Morgan fingerprint density at radius 3 is 3.08 bits per heavy atom. The summed E-state index contributed by atoms with van der Waals surface area (Å²) in [6, 6.07) is 8.85. The first-order valence-corrected chi connectivity index (χ1v) is 4.58. The lowest BCUT2D eigenvalue weighted by atomic mass is 10.1. The third-order valence-corrected chi connectivity index (χ3v) is 2.43. The van der Waals surface area contributed by atoms with Gasteiger partial charge in [-0.25, -0.2) is 6.57 Å². The molecule has 66 valence electrons. The van der Waals surface area contributed by atoms with E-state index in [9.17, 15) is 0 Å². The average molecular weight is 172 g/mol. The van der Waals surface area contributed by atoms with Crippen LogP contribution in [0.2, 0.25) is 0 Å². The van der Waals surface area contributed by atoms with Crippen molar-refractivity contribution >= 4 is 5.69 Å². The first kappa shape index (κ1) is 8.12. The van der Waals surface area contributed by atoms with E-state index in [1.807, 2.05) is 6.07 Å². The molecule has 1 atom stereocenters. The number of hydrogen-bond acceptors (Lipinski definition) is 1. The van der Waals surface area contributed by atoms with Crippen LogP contribution in [0, 0.1) is 6.57 Å². The Hall–Kier alpha value is -1.49. The van der Waals surface area contributed by atoms with Crippen LogP contribution in [-0.2, 0) is 6.42 Å². The van der Waals surface area contributed by atoms with Crippen molar-refractivity contribution in [1.82, 2.24) is 0 Å². The molecule has 0 saturated carbocycles. The van der Waals surface area contributed by atoms with Gasteiger partial charge in [-0.1, -0.05) is 18.2 Å². The molecule has 0 saturated heterocycles. The number of fused-ring (bicyclic) bond motifs is 1. The summed E-state index contributed by atoms with van der Waals surface area (Å²) in [5.74, 6) is 0. The highest BCUT2D eigenvalue weighted by molar-refractivity contribution is 5.56. The van der Waals surface area contributed by atoms with Crippen molar-refractivity contribution in [2.24, 2.45) is 0 Å². The lowest BCUT2D eigenvalue weighted by molar-refractivity contribution is 0.711. The number of benzene rings is 1. The SMILES string of the molecule is [C-]#[N+]CCC1Cc2ccccc2N1. The second kappa shape index (κ2) is 3.49. The van der Waals surface area contributed by atoms with Crippen LogP contribution in [0.15, 0.2) is 24.3 Å². The Morgan fingerprint density at radius 2 is 2.31 bits per heavy atom. The van der Waals surface area contributed by atoms with Crippen LogP contribution in [0.3, 0.4) is 0 Å². The smallest absolute Gasteiger partial charge is 0.216 e. The van der Waals surface area contributed by atoms with Gasteiger partial charge in [0, 0.05) is 18.2 Å². The zero-order chi connectivity index (χ0) is 9.10. The van der Waals surface area contributed by atoms with Gasteiger partial charge in [0.25, 0.3) is 0 Å².